The number of aryl methyl sites for hydroxylation is 1. The van der Waals surface area contributed by atoms with Crippen molar-refractivity contribution in [3.8, 4) is 0 Å². The third-order valence-electron chi connectivity index (χ3n) is 2.98. The molecule has 4 nitrogen and oxygen atoms in total. The molecule has 0 aromatic heterocycles. The predicted molar refractivity (Wildman–Crippen MR) is 80.9 cm³/mol. The molecule has 0 saturated carbocycles. The maximum atomic E-state index is 11.7. The van der Waals surface area contributed by atoms with Crippen LogP contribution in [0.1, 0.15) is 25.3 Å². The number of nitrogens with one attached hydrogen (secondary N) is 1. The van der Waals surface area contributed by atoms with Crippen LogP contribution < -0.4 is 5.32 Å². The first-order valence-electron chi connectivity index (χ1n) is 6.72. The van der Waals surface area contributed by atoms with Crippen molar-refractivity contribution in [2.45, 2.75) is 31.6 Å². The lowest BCUT2D eigenvalue weighted by atomic mass is 10.0. The lowest BCUT2D eigenvalue weighted by Gasteiger charge is -2.12. The molecule has 1 rings (SSSR count). The summed E-state index contributed by atoms with van der Waals surface area (Å²) in [4.78, 5) is 23.8. The predicted octanol–water partition coefficient (Wildman–Crippen LogP) is 2.70. The molecule has 2 N–H and O–H groups in total. The fourth-order valence-corrected chi connectivity index (χ4v) is 2.67. The van der Waals surface area contributed by atoms with Crippen molar-refractivity contribution < 1.29 is 14.7 Å². The number of thioether (sulfide) groups is 1. The van der Waals surface area contributed by atoms with E-state index in [4.69, 9.17) is 5.11 Å². The summed E-state index contributed by atoms with van der Waals surface area (Å²) in [5.74, 6) is -1.16. The zero-order valence-electron chi connectivity index (χ0n) is 11.9. The SMILES string of the molecule is CCCC(CNC(=O)CSc1ccccc1C)C(=O)O. The van der Waals surface area contributed by atoms with Gasteiger partial charge in [-0.2, -0.15) is 0 Å². The van der Waals surface area contributed by atoms with Gasteiger partial charge >= 0.3 is 5.97 Å². The summed E-state index contributed by atoms with van der Waals surface area (Å²) in [6, 6.07) is 7.88. The molecule has 1 aromatic rings. The van der Waals surface area contributed by atoms with Crippen molar-refractivity contribution in [1.29, 1.82) is 0 Å². The Balaban J connectivity index is 2.37. The average molecular weight is 295 g/mol. The van der Waals surface area contributed by atoms with Gasteiger partial charge in [-0.25, -0.2) is 0 Å². The van der Waals surface area contributed by atoms with Gasteiger partial charge in [-0.05, 0) is 25.0 Å². The number of carboxylic acids is 1. The third-order valence-corrected chi connectivity index (χ3v) is 4.16. The first kappa shape index (κ1) is 16.6. The Hall–Kier alpha value is -1.49. The molecule has 0 bridgehead atoms. The van der Waals surface area contributed by atoms with Gasteiger partial charge in [-0.1, -0.05) is 31.5 Å². The standard InChI is InChI=1S/C15H21NO3S/c1-3-6-12(15(18)19)9-16-14(17)10-20-13-8-5-4-7-11(13)2/h4-5,7-8,12H,3,6,9-10H2,1-2H3,(H,16,17)(H,18,19). The molecule has 1 unspecified atom stereocenters. The molecule has 1 atom stereocenters. The quantitative estimate of drug-likeness (QED) is 0.724. The van der Waals surface area contributed by atoms with Crippen LogP contribution in [0.2, 0.25) is 0 Å². The van der Waals surface area contributed by atoms with Crippen LogP contribution >= 0.6 is 11.8 Å². The van der Waals surface area contributed by atoms with Crippen LogP contribution in [0.4, 0.5) is 0 Å². The summed E-state index contributed by atoms with van der Waals surface area (Å²) >= 11 is 1.47. The summed E-state index contributed by atoms with van der Waals surface area (Å²) in [7, 11) is 0. The van der Waals surface area contributed by atoms with Crippen molar-refractivity contribution in [2.75, 3.05) is 12.3 Å². The number of amides is 1. The van der Waals surface area contributed by atoms with Crippen molar-refractivity contribution >= 4 is 23.6 Å². The van der Waals surface area contributed by atoms with Gasteiger partial charge in [-0.15, -0.1) is 11.8 Å². The topological polar surface area (TPSA) is 66.4 Å². The van der Waals surface area contributed by atoms with Crippen LogP contribution in [0, 0.1) is 12.8 Å². The summed E-state index contributed by atoms with van der Waals surface area (Å²) < 4.78 is 0. The highest BCUT2D eigenvalue weighted by Crippen LogP contribution is 2.21. The van der Waals surface area contributed by atoms with Crippen molar-refractivity contribution in [3.63, 3.8) is 0 Å². The zero-order chi connectivity index (χ0) is 15.0. The van der Waals surface area contributed by atoms with E-state index >= 15 is 0 Å². The minimum absolute atomic E-state index is 0.124. The maximum absolute atomic E-state index is 11.7. The normalized spacial score (nSPS) is 11.9. The Morgan fingerprint density at radius 3 is 2.65 bits per heavy atom. The van der Waals surface area contributed by atoms with Crippen LogP contribution in [0.15, 0.2) is 29.2 Å². The van der Waals surface area contributed by atoms with Gasteiger partial charge in [0, 0.05) is 11.4 Å². The maximum Gasteiger partial charge on any atom is 0.308 e. The minimum atomic E-state index is -0.848. The van der Waals surface area contributed by atoms with Crippen LogP contribution in [-0.2, 0) is 9.59 Å². The fraction of sp³-hybridized carbons (Fsp3) is 0.467. The Morgan fingerprint density at radius 1 is 1.35 bits per heavy atom. The second kappa shape index (κ2) is 8.64. The molecular weight excluding hydrogens is 274 g/mol. The molecular formula is C15H21NO3S. The first-order valence-corrected chi connectivity index (χ1v) is 7.71. The number of benzene rings is 1. The lowest BCUT2D eigenvalue weighted by molar-refractivity contribution is -0.141. The Bertz CT molecular complexity index is 462. The minimum Gasteiger partial charge on any atom is -0.481 e. The Morgan fingerprint density at radius 2 is 2.05 bits per heavy atom. The van der Waals surface area contributed by atoms with E-state index in [0.717, 1.165) is 16.9 Å². The van der Waals surface area contributed by atoms with E-state index in [1.807, 2.05) is 38.1 Å². The molecule has 5 heteroatoms. The number of carboxylic acid groups (broad SMARTS) is 1. The van der Waals surface area contributed by atoms with Crippen molar-refractivity contribution in [2.24, 2.45) is 5.92 Å². The van der Waals surface area contributed by atoms with E-state index in [0.29, 0.717) is 12.2 Å². The highest BCUT2D eigenvalue weighted by molar-refractivity contribution is 8.00. The summed E-state index contributed by atoms with van der Waals surface area (Å²) in [6.45, 7) is 4.14. The summed E-state index contributed by atoms with van der Waals surface area (Å²) in [6.07, 6.45) is 1.38. The third kappa shape index (κ3) is 5.65. The van der Waals surface area contributed by atoms with E-state index in [2.05, 4.69) is 5.32 Å². The highest BCUT2D eigenvalue weighted by Gasteiger charge is 2.17. The number of rotatable bonds is 8. The smallest absolute Gasteiger partial charge is 0.308 e. The van der Waals surface area contributed by atoms with Gasteiger partial charge in [0.25, 0.3) is 0 Å². The molecule has 0 aliphatic heterocycles. The van der Waals surface area contributed by atoms with Crippen molar-refractivity contribution in [3.05, 3.63) is 29.8 Å². The summed E-state index contributed by atoms with van der Waals surface area (Å²) in [5.41, 5.74) is 1.14. The molecule has 110 valence electrons. The van der Waals surface area contributed by atoms with Crippen LogP contribution in [0.5, 0.6) is 0 Å². The molecule has 0 aliphatic carbocycles. The molecule has 0 fully saturated rings. The number of hydrogen-bond acceptors (Lipinski definition) is 3. The average Bonchev–Trinajstić information content (AvgIpc) is 2.42. The second-order valence-corrected chi connectivity index (χ2v) is 5.70. The summed E-state index contributed by atoms with van der Waals surface area (Å²) in [5, 5.41) is 11.7. The van der Waals surface area contributed by atoms with E-state index < -0.39 is 11.9 Å². The molecule has 0 saturated heterocycles. The molecule has 0 heterocycles. The van der Waals surface area contributed by atoms with Crippen molar-refractivity contribution in [1.82, 2.24) is 5.32 Å². The molecule has 1 aromatic carbocycles. The van der Waals surface area contributed by atoms with Crippen LogP contribution in [0.3, 0.4) is 0 Å². The number of hydrogen-bond donors (Lipinski definition) is 2. The second-order valence-electron chi connectivity index (χ2n) is 4.68. The Kier molecular flexibility index (Phi) is 7.15. The van der Waals surface area contributed by atoms with Gasteiger partial charge in [-0.3, -0.25) is 9.59 Å². The van der Waals surface area contributed by atoms with E-state index in [1.54, 1.807) is 0 Å². The zero-order valence-corrected chi connectivity index (χ0v) is 12.7. The van der Waals surface area contributed by atoms with Gasteiger partial charge in [0.05, 0.1) is 11.7 Å². The molecule has 0 radical (unpaired) electrons. The fourth-order valence-electron chi connectivity index (χ4n) is 1.81. The van der Waals surface area contributed by atoms with E-state index in [9.17, 15) is 9.59 Å². The highest BCUT2D eigenvalue weighted by atomic mass is 32.2. The molecule has 20 heavy (non-hydrogen) atoms. The van der Waals surface area contributed by atoms with Crippen LogP contribution in [-0.4, -0.2) is 29.3 Å². The largest absolute Gasteiger partial charge is 0.481 e. The van der Waals surface area contributed by atoms with Gasteiger partial charge in [0.2, 0.25) is 5.91 Å². The first-order chi connectivity index (χ1) is 9.54. The van der Waals surface area contributed by atoms with Gasteiger partial charge < -0.3 is 10.4 Å². The molecule has 0 spiro atoms. The van der Waals surface area contributed by atoms with E-state index in [1.165, 1.54) is 11.8 Å². The van der Waals surface area contributed by atoms with Gasteiger partial charge in [0.1, 0.15) is 0 Å². The lowest BCUT2D eigenvalue weighted by Crippen LogP contribution is -2.33. The number of carbonyl (C=O) groups excluding carboxylic acids is 1. The van der Waals surface area contributed by atoms with E-state index in [-0.39, 0.29) is 12.5 Å². The number of carbonyl (C=O) groups is 2. The molecule has 1 amide bonds. The Labute approximate surface area is 124 Å². The number of aliphatic carboxylic acids is 1. The van der Waals surface area contributed by atoms with Crippen LogP contribution in [0.25, 0.3) is 0 Å². The molecule has 0 aliphatic rings. The van der Waals surface area contributed by atoms with Gasteiger partial charge in [0.15, 0.2) is 0 Å². The monoisotopic (exact) mass is 295 g/mol.